The van der Waals surface area contributed by atoms with E-state index in [9.17, 15) is 4.79 Å². The van der Waals surface area contributed by atoms with E-state index in [2.05, 4.69) is 26.5 Å². The maximum absolute atomic E-state index is 11.6. The second-order valence-corrected chi connectivity index (χ2v) is 4.77. The zero-order valence-corrected chi connectivity index (χ0v) is 13.0. The molecule has 1 aromatic carbocycles. The summed E-state index contributed by atoms with van der Waals surface area (Å²) >= 11 is 3.38. The Balaban J connectivity index is 2.11. The molecule has 0 fully saturated rings. The summed E-state index contributed by atoms with van der Waals surface area (Å²) in [6, 6.07) is 6.72. The molecule has 7 heteroatoms. The molecule has 2 rings (SSSR count). The predicted octanol–water partition coefficient (Wildman–Crippen LogP) is 2.82. The third kappa shape index (κ3) is 3.63. The van der Waals surface area contributed by atoms with Crippen molar-refractivity contribution in [2.45, 2.75) is 0 Å². The van der Waals surface area contributed by atoms with Gasteiger partial charge in [0.1, 0.15) is 0 Å². The van der Waals surface area contributed by atoms with Crippen LogP contribution in [-0.2, 0) is 0 Å². The van der Waals surface area contributed by atoms with Crippen LogP contribution in [0.5, 0.6) is 11.5 Å². The van der Waals surface area contributed by atoms with Crippen LogP contribution in [0.4, 0.5) is 0 Å². The summed E-state index contributed by atoms with van der Waals surface area (Å²) in [5.41, 5.74) is 3.10. The lowest BCUT2D eigenvalue weighted by atomic mass is 10.2. The maximum Gasteiger partial charge on any atom is 0.307 e. The highest BCUT2D eigenvalue weighted by Gasteiger charge is 2.10. The van der Waals surface area contributed by atoms with Crippen LogP contribution in [0.15, 0.2) is 44.5 Å². The van der Waals surface area contributed by atoms with E-state index in [0.29, 0.717) is 11.5 Å². The molecule has 21 heavy (non-hydrogen) atoms. The lowest BCUT2D eigenvalue weighted by molar-refractivity contribution is 0.0927. The molecule has 0 aliphatic heterocycles. The third-order valence-electron chi connectivity index (χ3n) is 2.58. The highest BCUT2D eigenvalue weighted by molar-refractivity contribution is 9.10. The van der Waals surface area contributed by atoms with Crippen LogP contribution >= 0.6 is 15.9 Å². The highest BCUT2D eigenvalue weighted by Crippen LogP contribution is 2.35. The first-order valence-corrected chi connectivity index (χ1v) is 6.73. The molecule has 0 unspecified atom stereocenters. The topological polar surface area (TPSA) is 73.1 Å². The summed E-state index contributed by atoms with van der Waals surface area (Å²) in [6.07, 6.45) is 2.91. The van der Waals surface area contributed by atoms with Gasteiger partial charge in [0.2, 0.25) is 0 Å². The molecule has 2 aromatic rings. The summed E-state index contributed by atoms with van der Waals surface area (Å²) in [5.74, 6) is 0.927. The van der Waals surface area contributed by atoms with Gasteiger partial charge in [0.05, 0.1) is 31.2 Å². The van der Waals surface area contributed by atoms with Gasteiger partial charge in [-0.05, 0) is 45.8 Å². The molecule has 0 atom stereocenters. The number of carbonyl (C=O) groups is 1. The quantitative estimate of drug-likeness (QED) is 0.663. The van der Waals surface area contributed by atoms with Gasteiger partial charge in [-0.3, -0.25) is 4.79 Å². The smallest absolute Gasteiger partial charge is 0.307 e. The van der Waals surface area contributed by atoms with E-state index >= 15 is 0 Å². The molecule has 1 amide bonds. The van der Waals surface area contributed by atoms with Crippen LogP contribution in [0.1, 0.15) is 16.1 Å². The third-order valence-corrected chi connectivity index (χ3v) is 3.17. The van der Waals surface area contributed by atoms with Crippen molar-refractivity contribution in [3.05, 3.63) is 46.3 Å². The summed E-state index contributed by atoms with van der Waals surface area (Å²) < 4.78 is 16.1. The Hall–Kier alpha value is -2.28. The number of ether oxygens (including phenoxy) is 2. The number of hydrogen-bond donors (Lipinski definition) is 1. The molecule has 6 nitrogen and oxygen atoms in total. The SMILES string of the molecule is COc1cc(C=NNC(=O)c2ccco2)cc(Br)c1OC. The first-order valence-electron chi connectivity index (χ1n) is 5.94. The molecule has 0 aliphatic carbocycles. The molecular weight excluding hydrogens is 340 g/mol. The fraction of sp³-hybridized carbons (Fsp3) is 0.143. The van der Waals surface area contributed by atoms with Crippen molar-refractivity contribution in [1.29, 1.82) is 0 Å². The number of carbonyl (C=O) groups excluding carboxylic acids is 1. The van der Waals surface area contributed by atoms with E-state index in [-0.39, 0.29) is 5.76 Å². The molecule has 1 N–H and O–H groups in total. The van der Waals surface area contributed by atoms with Gasteiger partial charge in [0.15, 0.2) is 17.3 Å². The van der Waals surface area contributed by atoms with Crippen LogP contribution in [0.2, 0.25) is 0 Å². The highest BCUT2D eigenvalue weighted by atomic mass is 79.9. The van der Waals surface area contributed by atoms with Crippen molar-refractivity contribution in [3.63, 3.8) is 0 Å². The lowest BCUT2D eigenvalue weighted by Gasteiger charge is -2.10. The van der Waals surface area contributed by atoms with Crippen molar-refractivity contribution in [2.24, 2.45) is 5.10 Å². The van der Waals surface area contributed by atoms with Crippen molar-refractivity contribution in [1.82, 2.24) is 5.43 Å². The second-order valence-electron chi connectivity index (χ2n) is 3.91. The van der Waals surface area contributed by atoms with Crippen LogP contribution in [0, 0.1) is 0 Å². The molecular formula is C14H13BrN2O4. The van der Waals surface area contributed by atoms with Gasteiger partial charge in [-0.1, -0.05) is 0 Å². The summed E-state index contributed by atoms with van der Waals surface area (Å²) in [7, 11) is 3.10. The van der Waals surface area contributed by atoms with Crippen LogP contribution in [-0.4, -0.2) is 26.3 Å². The Kier molecular flexibility index (Phi) is 4.99. The minimum Gasteiger partial charge on any atom is -0.493 e. The number of amides is 1. The predicted molar refractivity (Wildman–Crippen MR) is 81.0 cm³/mol. The van der Waals surface area contributed by atoms with Gasteiger partial charge in [0, 0.05) is 0 Å². The first-order chi connectivity index (χ1) is 10.2. The van der Waals surface area contributed by atoms with Crippen LogP contribution in [0.25, 0.3) is 0 Å². The largest absolute Gasteiger partial charge is 0.493 e. The number of halogens is 1. The first kappa shape index (κ1) is 15.1. The van der Waals surface area contributed by atoms with E-state index in [1.165, 1.54) is 12.5 Å². The van der Waals surface area contributed by atoms with E-state index in [4.69, 9.17) is 13.9 Å². The van der Waals surface area contributed by atoms with Gasteiger partial charge in [-0.25, -0.2) is 5.43 Å². The molecule has 0 spiro atoms. The minimum absolute atomic E-state index is 0.195. The van der Waals surface area contributed by atoms with E-state index in [1.807, 2.05) is 0 Å². The summed E-state index contributed by atoms with van der Waals surface area (Å²) in [4.78, 5) is 11.6. The molecule has 0 saturated carbocycles. The minimum atomic E-state index is -0.421. The summed E-state index contributed by atoms with van der Waals surface area (Å²) in [6.45, 7) is 0. The molecule has 0 radical (unpaired) electrons. The number of methoxy groups -OCH3 is 2. The van der Waals surface area contributed by atoms with Gasteiger partial charge in [0.25, 0.3) is 0 Å². The molecule has 1 aromatic heterocycles. The molecule has 110 valence electrons. The van der Waals surface area contributed by atoms with Gasteiger partial charge in [-0.15, -0.1) is 0 Å². The second kappa shape index (κ2) is 6.94. The van der Waals surface area contributed by atoms with Crippen molar-refractivity contribution < 1.29 is 18.7 Å². The standard InChI is InChI=1S/C14H13BrN2O4/c1-19-12-7-9(6-10(15)13(12)20-2)8-16-17-14(18)11-4-3-5-21-11/h3-8H,1-2H3,(H,17,18). The lowest BCUT2D eigenvalue weighted by Crippen LogP contribution is -2.16. The van der Waals surface area contributed by atoms with E-state index in [0.717, 1.165) is 10.0 Å². The number of nitrogens with one attached hydrogen (secondary N) is 1. The van der Waals surface area contributed by atoms with E-state index in [1.54, 1.807) is 38.5 Å². The summed E-state index contributed by atoms with van der Waals surface area (Å²) in [5, 5.41) is 3.87. The van der Waals surface area contributed by atoms with Crippen LogP contribution < -0.4 is 14.9 Å². The Bertz CT molecular complexity index is 653. The number of hydrogen-bond acceptors (Lipinski definition) is 5. The monoisotopic (exact) mass is 352 g/mol. The average Bonchev–Trinajstić information content (AvgIpc) is 3.00. The normalized spacial score (nSPS) is 10.6. The fourth-order valence-corrected chi connectivity index (χ4v) is 2.26. The average molecular weight is 353 g/mol. The molecule has 1 heterocycles. The van der Waals surface area contributed by atoms with Crippen molar-refractivity contribution >= 4 is 28.1 Å². The Morgan fingerprint density at radius 3 is 2.81 bits per heavy atom. The van der Waals surface area contributed by atoms with Gasteiger partial charge < -0.3 is 13.9 Å². The van der Waals surface area contributed by atoms with Gasteiger partial charge >= 0.3 is 5.91 Å². The number of furan rings is 1. The molecule has 0 aliphatic rings. The number of rotatable bonds is 5. The zero-order chi connectivity index (χ0) is 15.2. The van der Waals surface area contributed by atoms with Crippen molar-refractivity contribution in [3.8, 4) is 11.5 Å². The number of hydrazone groups is 1. The Morgan fingerprint density at radius 1 is 1.38 bits per heavy atom. The molecule has 0 bridgehead atoms. The fourth-order valence-electron chi connectivity index (χ4n) is 1.64. The van der Waals surface area contributed by atoms with E-state index < -0.39 is 5.91 Å². The maximum atomic E-state index is 11.6. The molecule has 0 saturated heterocycles. The van der Waals surface area contributed by atoms with Gasteiger partial charge in [-0.2, -0.15) is 5.10 Å². The Morgan fingerprint density at radius 2 is 2.19 bits per heavy atom. The van der Waals surface area contributed by atoms with Crippen LogP contribution in [0.3, 0.4) is 0 Å². The number of benzene rings is 1. The number of nitrogens with zero attached hydrogens (tertiary/aromatic N) is 1. The van der Waals surface area contributed by atoms with Crippen molar-refractivity contribution in [2.75, 3.05) is 14.2 Å². The zero-order valence-electron chi connectivity index (χ0n) is 11.4. The Labute approximate surface area is 129 Å².